The molecule has 4 amide bonds. The number of carbonyl (C=O) groups excluding carboxylic acids is 4. The summed E-state index contributed by atoms with van der Waals surface area (Å²) in [5.74, 6) is -2.26. The first kappa shape index (κ1) is 55.5. The van der Waals surface area contributed by atoms with Crippen LogP contribution >= 0.6 is 11.3 Å². The van der Waals surface area contributed by atoms with Gasteiger partial charge < -0.3 is 55.4 Å². The van der Waals surface area contributed by atoms with Crippen molar-refractivity contribution in [3.8, 4) is 21.9 Å². The van der Waals surface area contributed by atoms with E-state index in [1.807, 2.05) is 69.0 Å². The number of hydrogen-bond donors (Lipinski definition) is 5. The maximum Gasteiger partial charge on any atom is 0.251 e. The van der Waals surface area contributed by atoms with Crippen molar-refractivity contribution in [3.63, 3.8) is 0 Å². The highest BCUT2D eigenvalue weighted by atomic mass is 32.1. The van der Waals surface area contributed by atoms with Crippen molar-refractivity contribution in [1.29, 1.82) is 0 Å². The van der Waals surface area contributed by atoms with Gasteiger partial charge in [0.2, 0.25) is 29.6 Å². The summed E-state index contributed by atoms with van der Waals surface area (Å²) in [7, 11) is 1.61. The minimum absolute atomic E-state index is 0.0503. The Morgan fingerprint density at radius 1 is 0.907 bits per heavy atom. The maximum absolute atomic E-state index is 14.2. The Kier molecular flexibility index (Phi) is 18.4. The van der Waals surface area contributed by atoms with Crippen molar-refractivity contribution >= 4 is 57.6 Å². The number of fused-ring (bicyclic) bond motifs is 1. The standard InChI is InChI=1S/C54H75F2N11O7S/c1-35-47(75-34-59-35)37-13-11-36(12-14-37)31-58-50(71)42-28-39(68)33-67(42)51(72)48(53(2,3)4)62-46(70)32-57-45(69)10-8-21-65-23-15-38(16-24-65)60-49-40-29-43(73-5)44(74-27-9-22-64-19-6-7-20-64)30-41(40)61-52(63-49)66-25-17-54(55,56)18-26-66/h11-14,29-30,34,38-39,42,48,68H,6-10,15-28,31-33H2,1-5H3,(H,57,69)(H,58,71)(H,62,70)(H,60,61,63)/t39-,42+,48-/m1/s1. The highest BCUT2D eigenvalue weighted by Crippen LogP contribution is 2.38. The first-order chi connectivity index (χ1) is 35.9. The van der Waals surface area contributed by atoms with Gasteiger partial charge in [0.25, 0.3) is 5.92 Å². The molecule has 0 radical (unpaired) electrons. The van der Waals surface area contributed by atoms with Crippen molar-refractivity contribution in [1.82, 2.24) is 45.6 Å². The second-order valence-electron chi connectivity index (χ2n) is 21.6. The third kappa shape index (κ3) is 14.8. The van der Waals surface area contributed by atoms with E-state index in [0.717, 1.165) is 79.1 Å². The zero-order valence-electron chi connectivity index (χ0n) is 44.1. The van der Waals surface area contributed by atoms with E-state index in [-0.39, 0.29) is 70.4 Å². The van der Waals surface area contributed by atoms with Gasteiger partial charge in [-0.15, -0.1) is 11.3 Å². The molecular formula is C54H75F2N11O7S. The van der Waals surface area contributed by atoms with Gasteiger partial charge in [-0.2, -0.15) is 4.98 Å². The van der Waals surface area contributed by atoms with Crippen LogP contribution in [0.15, 0.2) is 41.9 Å². The van der Waals surface area contributed by atoms with Crippen molar-refractivity contribution < 1.29 is 42.5 Å². The monoisotopic (exact) mass is 1060 g/mol. The molecule has 4 aliphatic heterocycles. The summed E-state index contributed by atoms with van der Waals surface area (Å²) in [6.45, 7) is 13.5. The minimum atomic E-state index is -2.71. The number of amides is 4. The first-order valence-electron chi connectivity index (χ1n) is 26.6. The van der Waals surface area contributed by atoms with E-state index in [0.29, 0.717) is 48.4 Å². The molecule has 6 heterocycles. The van der Waals surface area contributed by atoms with Gasteiger partial charge in [0.05, 0.1) is 48.0 Å². The summed E-state index contributed by atoms with van der Waals surface area (Å²) < 4.78 is 40.4. The predicted octanol–water partition coefficient (Wildman–Crippen LogP) is 5.75. The molecule has 4 aromatic rings. The molecule has 21 heteroatoms. The van der Waals surface area contributed by atoms with Gasteiger partial charge in [-0.05, 0) is 87.7 Å². The summed E-state index contributed by atoms with van der Waals surface area (Å²) in [5.41, 5.74) is 4.55. The van der Waals surface area contributed by atoms with Crippen LogP contribution in [0.2, 0.25) is 0 Å². The first-order valence-corrected chi connectivity index (χ1v) is 27.5. The minimum Gasteiger partial charge on any atom is -0.493 e. The molecule has 75 heavy (non-hydrogen) atoms. The van der Waals surface area contributed by atoms with Crippen LogP contribution in [-0.4, -0.2) is 168 Å². The third-order valence-corrected chi connectivity index (χ3v) is 15.8. The number of aromatic nitrogens is 3. The molecule has 0 saturated carbocycles. The Bertz CT molecular complexity index is 2590. The van der Waals surface area contributed by atoms with Gasteiger partial charge in [-0.3, -0.25) is 19.2 Å². The highest BCUT2D eigenvalue weighted by molar-refractivity contribution is 7.13. The molecule has 0 aliphatic carbocycles. The summed E-state index contributed by atoms with van der Waals surface area (Å²) >= 11 is 1.56. The molecule has 408 valence electrons. The second-order valence-corrected chi connectivity index (χ2v) is 22.4. The average molecular weight is 1060 g/mol. The highest BCUT2D eigenvalue weighted by Gasteiger charge is 2.44. The van der Waals surface area contributed by atoms with Crippen molar-refractivity contribution in [2.24, 2.45) is 5.41 Å². The number of likely N-dealkylation sites (tertiary alicyclic amines) is 3. The van der Waals surface area contributed by atoms with E-state index in [1.165, 1.54) is 17.7 Å². The molecule has 0 bridgehead atoms. The number of methoxy groups -OCH3 is 1. The predicted molar refractivity (Wildman–Crippen MR) is 285 cm³/mol. The van der Waals surface area contributed by atoms with Crippen molar-refractivity contribution in [2.75, 3.05) is 89.4 Å². The van der Waals surface area contributed by atoms with Crippen molar-refractivity contribution in [3.05, 3.63) is 53.2 Å². The van der Waals surface area contributed by atoms with Crippen LogP contribution in [0.4, 0.5) is 20.5 Å². The fourth-order valence-electron chi connectivity index (χ4n) is 10.4. The fourth-order valence-corrected chi connectivity index (χ4v) is 11.2. The van der Waals surface area contributed by atoms with Gasteiger partial charge in [-0.1, -0.05) is 45.0 Å². The number of rotatable bonds is 21. The lowest BCUT2D eigenvalue weighted by Gasteiger charge is -2.35. The summed E-state index contributed by atoms with van der Waals surface area (Å²) in [5, 5.41) is 23.5. The summed E-state index contributed by atoms with van der Waals surface area (Å²) in [6, 6.07) is 9.70. The Hall–Kier alpha value is -5.77. The molecule has 8 rings (SSSR count). The van der Waals surface area contributed by atoms with Gasteiger partial charge >= 0.3 is 0 Å². The largest absolute Gasteiger partial charge is 0.493 e. The van der Waals surface area contributed by atoms with Gasteiger partial charge in [-0.25, -0.2) is 18.7 Å². The van der Waals surface area contributed by atoms with E-state index < -0.39 is 47.2 Å². The summed E-state index contributed by atoms with van der Waals surface area (Å²) in [6.07, 6.45) is 4.37. The number of aliphatic hydroxyl groups is 1. The van der Waals surface area contributed by atoms with Crippen LogP contribution in [0, 0.1) is 12.3 Å². The zero-order chi connectivity index (χ0) is 53.3. The van der Waals surface area contributed by atoms with Crippen LogP contribution in [-0.2, 0) is 25.7 Å². The molecule has 18 nitrogen and oxygen atoms in total. The summed E-state index contributed by atoms with van der Waals surface area (Å²) in [4.78, 5) is 77.0. The SMILES string of the molecule is COc1cc2c(NC3CCN(CCCC(=O)NCC(=O)N[C@H](C(=O)N4C[C@H](O)C[C@H]4C(=O)NCc4ccc(-c5scnc5C)cc4)C(C)(C)C)CC3)nc(N3CCC(F)(F)CC3)nc2cc1OCCCN1CCCC1. The number of piperidine rings is 2. The van der Waals surface area contributed by atoms with Gasteiger partial charge in [0.1, 0.15) is 17.9 Å². The average Bonchev–Trinajstić information content (AvgIpc) is 4.17. The number of nitrogens with zero attached hydrogens (tertiary/aromatic N) is 7. The number of β-amino-alcohol motifs (C(OH)–C–C–N with tert-alkyl or cyclic N) is 1. The number of benzene rings is 2. The smallest absolute Gasteiger partial charge is 0.251 e. The lowest BCUT2D eigenvalue weighted by atomic mass is 9.85. The molecule has 0 spiro atoms. The Morgan fingerprint density at radius 3 is 2.29 bits per heavy atom. The van der Waals surface area contributed by atoms with E-state index in [4.69, 9.17) is 19.4 Å². The third-order valence-electron chi connectivity index (χ3n) is 14.8. The molecule has 3 atom stereocenters. The van der Waals surface area contributed by atoms with E-state index >= 15 is 0 Å². The number of halogens is 2. The van der Waals surface area contributed by atoms with Crippen LogP contribution in [0.25, 0.3) is 21.3 Å². The second kappa shape index (κ2) is 24.9. The van der Waals surface area contributed by atoms with Crippen molar-refractivity contribution in [2.45, 2.75) is 129 Å². The number of thiazole rings is 1. The number of anilines is 2. The number of aliphatic hydroxyl groups excluding tert-OH is 1. The van der Waals surface area contributed by atoms with E-state index in [1.54, 1.807) is 24.0 Å². The van der Waals surface area contributed by atoms with Gasteiger partial charge in [0, 0.05) is 89.0 Å². The number of ether oxygens (including phenoxy) is 2. The molecule has 4 saturated heterocycles. The molecule has 4 fully saturated rings. The van der Waals surface area contributed by atoms with E-state index in [2.05, 4.69) is 36.1 Å². The molecule has 4 aliphatic rings. The Labute approximate surface area is 442 Å². The lowest BCUT2D eigenvalue weighted by molar-refractivity contribution is -0.144. The van der Waals surface area contributed by atoms with Crippen LogP contribution in [0.1, 0.15) is 96.2 Å². The van der Waals surface area contributed by atoms with Crippen LogP contribution < -0.4 is 35.6 Å². The topological polar surface area (TPSA) is 207 Å². The molecular weight excluding hydrogens is 985 g/mol. The van der Waals surface area contributed by atoms with Crippen LogP contribution in [0.5, 0.6) is 11.5 Å². The molecule has 2 aromatic heterocycles. The quantitative estimate of drug-likeness (QED) is 0.0631. The Morgan fingerprint density at radius 2 is 1.61 bits per heavy atom. The van der Waals surface area contributed by atoms with Crippen LogP contribution in [0.3, 0.4) is 0 Å². The normalized spacial score (nSPS) is 20.0. The maximum atomic E-state index is 14.2. The number of carbonyl (C=O) groups is 4. The fraction of sp³-hybridized carbons (Fsp3) is 0.611. The number of aryl methyl sites for hydroxylation is 1. The number of nitrogens with one attached hydrogen (secondary N) is 4. The van der Waals surface area contributed by atoms with E-state index in [9.17, 15) is 33.1 Å². The zero-order valence-corrected chi connectivity index (χ0v) is 44.9. The lowest BCUT2D eigenvalue weighted by Crippen LogP contribution is -2.58. The van der Waals surface area contributed by atoms with Gasteiger partial charge in [0.15, 0.2) is 11.5 Å². The molecule has 5 N–H and O–H groups in total. The molecule has 2 aromatic carbocycles. The molecule has 0 unspecified atom stereocenters. The Balaban J connectivity index is 0.789. The number of hydrogen-bond acceptors (Lipinski definition) is 15. The number of alkyl halides is 2.